The van der Waals surface area contributed by atoms with E-state index in [9.17, 15) is 4.79 Å². The molecule has 0 aromatic carbocycles. The Morgan fingerprint density at radius 3 is 2.71 bits per heavy atom. The lowest BCUT2D eigenvalue weighted by Gasteiger charge is -2.46. The van der Waals surface area contributed by atoms with Crippen molar-refractivity contribution in [2.45, 2.75) is 38.8 Å². The van der Waals surface area contributed by atoms with Gasteiger partial charge in [0, 0.05) is 42.3 Å². The summed E-state index contributed by atoms with van der Waals surface area (Å²) < 4.78 is 6.22. The van der Waals surface area contributed by atoms with Gasteiger partial charge < -0.3 is 9.64 Å². The lowest BCUT2D eigenvalue weighted by Crippen LogP contribution is -2.59. The molecule has 1 spiro atoms. The van der Waals surface area contributed by atoms with Gasteiger partial charge in [-0.1, -0.05) is 6.07 Å². The molecule has 156 valence electrons. The Bertz CT molecular complexity index is 1170. The molecule has 4 heterocycles. The van der Waals surface area contributed by atoms with Crippen LogP contribution in [0.2, 0.25) is 0 Å². The van der Waals surface area contributed by atoms with Gasteiger partial charge in [0.15, 0.2) is 5.82 Å². The molecule has 0 N–H and O–H groups in total. The number of aryl methyl sites for hydroxylation is 2. The molecule has 1 saturated heterocycles. The van der Waals surface area contributed by atoms with E-state index < -0.39 is 0 Å². The molecule has 7 nitrogen and oxygen atoms in total. The molecule has 2 aliphatic carbocycles. The molecule has 0 bridgehead atoms. The zero-order valence-electron chi connectivity index (χ0n) is 17.5. The molecule has 31 heavy (non-hydrogen) atoms. The molecular formula is C24H23N5O2. The largest absolute Gasteiger partial charge is 0.472 e. The predicted molar refractivity (Wildman–Crippen MR) is 113 cm³/mol. The van der Waals surface area contributed by atoms with Gasteiger partial charge in [-0.15, -0.1) is 0 Å². The molecule has 1 aliphatic heterocycles. The fourth-order valence-corrected chi connectivity index (χ4v) is 5.41. The molecule has 3 aromatic heterocycles. The number of nitrogens with zero attached hydrogens (tertiary/aromatic N) is 5. The normalized spacial score (nSPS) is 27.8. The van der Waals surface area contributed by atoms with Crippen molar-refractivity contribution in [2.24, 2.45) is 11.3 Å². The molecular weight excluding hydrogens is 390 g/mol. The molecule has 6 rings (SSSR count). The number of hydrogen-bond donors (Lipinski definition) is 0. The van der Waals surface area contributed by atoms with Crippen molar-refractivity contribution >= 4 is 5.91 Å². The minimum absolute atomic E-state index is 0.0344. The van der Waals surface area contributed by atoms with E-state index in [1.807, 2.05) is 49.2 Å². The first-order valence-electron chi connectivity index (χ1n) is 10.7. The first-order valence-corrected chi connectivity index (χ1v) is 10.7. The van der Waals surface area contributed by atoms with E-state index in [2.05, 4.69) is 19.9 Å². The number of amides is 1. The molecule has 7 heteroatoms. The fraction of sp³-hybridized carbons (Fsp3) is 0.375. The second-order valence-electron chi connectivity index (χ2n) is 8.99. The lowest BCUT2D eigenvalue weighted by molar-refractivity contribution is -0.0347. The van der Waals surface area contributed by atoms with Crippen molar-refractivity contribution in [2.75, 3.05) is 6.54 Å². The molecule has 4 unspecified atom stereocenters. The summed E-state index contributed by atoms with van der Waals surface area (Å²) in [5, 5.41) is 0. The van der Waals surface area contributed by atoms with Gasteiger partial charge in [-0.3, -0.25) is 4.79 Å². The number of carbonyl (C=O) groups is 1. The Balaban J connectivity index is 1.31. The third-order valence-corrected chi connectivity index (χ3v) is 7.02. The highest BCUT2D eigenvalue weighted by Crippen LogP contribution is 2.71. The number of likely N-dealkylation sites (tertiary alicyclic amines) is 1. The molecule has 3 fully saturated rings. The predicted octanol–water partition coefficient (Wildman–Crippen LogP) is 3.23. The van der Waals surface area contributed by atoms with Crippen LogP contribution in [-0.2, 0) is 0 Å². The van der Waals surface area contributed by atoms with E-state index in [1.54, 1.807) is 18.5 Å². The number of ether oxygens (including phenoxy) is 1. The zero-order chi connectivity index (χ0) is 21.2. The number of rotatable bonds is 4. The third-order valence-electron chi connectivity index (χ3n) is 7.02. The highest BCUT2D eigenvalue weighted by molar-refractivity contribution is 5.99. The van der Waals surface area contributed by atoms with Gasteiger partial charge in [0.25, 0.3) is 5.91 Å². The zero-order valence-corrected chi connectivity index (χ0v) is 17.5. The summed E-state index contributed by atoms with van der Waals surface area (Å²) in [5.74, 6) is 1.64. The number of pyridine rings is 2. The summed E-state index contributed by atoms with van der Waals surface area (Å²) in [4.78, 5) is 33.4. The highest BCUT2D eigenvalue weighted by atomic mass is 16.5. The maximum atomic E-state index is 13.7. The van der Waals surface area contributed by atoms with E-state index in [1.165, 1.54) is 6.42 Å². The Hall–Kier alpha value is -3.35. The summed E-state index contributed by atoms with van der Waals surface area (Å²) in [6.07, 6.45) is 7.30. The van der Waals surface area contributed by atoms with Crippen molar-refractivity contribution in [1.29, 1.82) is 0 Å². The number of carbonyl (C=O) groups excluding carboxylic acids is 1. The van der Waals surface area contributed by atoms with Crippen LogP contribution in [0.5, 0.6) is 5.88 Å². The molecule has 2 saturated carbocycles. The van der Waals surface area contributed by atoms with E-state index in [0.29, 0.717) is 28.9 Å². The van der Waals surface area contributed by atoms with Crippen LogP contribution in [0.15, 0.2) is 48.9 Å². The molecule has 1 amide bonds. The maximum absolute atomic E-state index is 13.7. The molecule has 3 aliphatic rings. The van der Waals surface area contributed by atoms with Crippen LogP contribution in [0.1, 0.15) is 34.6 Å². The summed E-state index contributed by atoms with van der Waals surface area (Å²) in [6.45, 7) is 4.66. The van der Waals surface area contributed by atoms with Crippen molar-refractivity contribution in [1.82, 2.24) is 24.8 Å². The van der Waals surface area contributed by atoms with Gasteiger partial charge in [0.1, 0.15) is 11.8 Å². The second-order valence-corrected chi connectivity index (χ2v) is 8.99. The molecule has 4 atom stereocenters. The van der Waals surface area contributed by atoms with E-state index >= 15 is 0 Å². The molecule has 3 aromatic rings. The standard InChI is InChI=1S/C24H23N5O2/c1-14-4-7-19(27-12-14)31-18-11-24-10-16(24)13-29(21(18)24)23(30)20-17(6-5-15(2)28-20)22-25-8-3-9-26-22/h3-9,12,16,18,21H,10-11,13H2,1-2H3. The average Bonchev–Trinajstić information content (AvgIpc) is 3.43. The van der Waals surface area contributed by atoms with Crippen LogP contribution < -0.4 is 4.74 Å². The van der Waals surface area contributed by atoms with Gasteiger partial charge in [0.05, 0.1) is 11.6 Å². The highest BCUT2D eigenvalue weighted by Gasteiger charge is 2.76. The Morgan fingerprint density at radius 2 is 1.94 bits per heavy atom. The van der Waals surface area contributed by atoms with Gasteiger partial charge in [-0.2, -0.15) is 0 Å². The van der Waals surface area contributed by atoms with Gasteiger partial charge in [-0.05, 0) is 56.4 Å². The second kappa shape index (κ2) is 6.57. The van der Waals surface area contributed by atoms with Crippen LogP contribution in [0.4, 0.5) is 0 Å². The van der Waals surface area contributed by atoms with Gasteiger partial charge >= 0.3 is 0 Å². The van der Waals surface area contributed by atoms with Crippen molar-refractivity contribution in [3.63, 3.8) is 0 Å². The summed E-state index contributed by atoms with van der Waals surface area (Å²) in [6, 6.07) is 9.52. The fourth-order valence-electron chi connectivity index (χ4n) is 5.41. The first kappa shape index (κ1) is 18.4. The maximum Gasteiger partial charge on any atom is 0.273 e. The van der Waals surface area contributed by atoms with Crippen LogP contribution in [0, 0.1) is 25.2 Å². The van der Waals surface area contributed by atoms with Crippen molar-refractivity contribution in [3.05, 3.63) is 65.9 Å². The summed E-state index contributed by atoms with van der Waals surface area (Å²) in [7, 11) is 0. The van der Waals surface area contributed by atoms with Crippen LogP contribution in [0.25, 0.3) is 11.4 Å². The SMILES string of the molecule is Cc1ccc(OC2CC34CC3CN(C(=O)c3nc(C)ccc3-c3ncccn3)C24)nc1. The summed E-state index contributed by atoms with van der Waals surface area (Å²) >= 11 is 0. The quantitative estimate of drug-likeness (QED) is 0.653. The molecule has 0 radical (unpaired) electrons. The van der Waals surface area contributed by atoms with Crippen molar-refractivity contribution in [3.8, 4) is 17.3 Å². The van der Waals surface area contributed by atoms with Crippen LogP contribution in [0.3, 0.4) is 0 Å². The number of aromatic nitrogens is 4. The number of piperidine rings is 1. The first-order chi connectivity index (χ1) is 15.0. The Kier molecular flexibility index (Phi) is 3.91. The lowest BCUT2D eigenvalue weighted by atomic mass is 9.73. The van der Waals surface area contributed by atoms with E-state index in [4.69, 9.17) is 4.74 Å². The Labute approximate surface area is 180 Å². The van der Waals surface area contributed by atoms with Crippen LogP contribution in [-0.4, -0.2) is 49.4 Å². The van der Waals surface area contributed by atoms with Crippen molar-refractivity contribution < 1.29 is 9.53 Å². The third kappa shape index (κ3) is 2.83. The van der Waals surface area contributed by atoms with E-state index in [0.717, 1.165) is 24.2 Å². The van der Waals surface area contributed by atoms with Gasteiger partial charge in [0.2, 0.25) is 5.88 Å². The Morgan fingerprint density at radius 1 is 1.10 bits per heavy atom. The number of hydrogen-bond acceptors (Lipinski definition) is 6. The minimum Gasteiger partial charge on any atom is -0.472 e. The smallest absolute Gasteiger partial charge is 0.273 e. The summed E-state index contributed by atoms with van der Waals surface area (Å²) in [5.41, 5.74) is 3.20. The van der Waals surface area contributed by atoms with E-state index in [-0.39, 0.29) is 23.5 Å². The monoisotopic (exact) mass is 413 g/mol. The average molecular weight is 413 g/mol. The topological polar surface area (TPSA) is 81.1 Å². The van der Waals surface area contributed by atoms with Crippen LogP contribution >= 0.6 is 0 Å². The minimum atomic E-state index is -0.0621. The van der Waals surface area contributed by atoms with Gasteiger partial charge in [-0.25, -0.2) is 19.9 Å².